The molecule has 122 valence electrons. The highest BCUT2D eigenvalue weighted by molar-refractivity contribution is 5.37. The fraction of sp³-hybridized carbons (Fsp3) is 0.143. The molecule has 0 radical (unpaired) electrons. The molecule has 24 heavy (non-hydrogen) atoms. The van der Waals surface area contributed by atoms with E-state index in [0.717, 1.165) is 28.2 Å². The van der Waals surface area contributed by atoms with E-state index in [2.05, 4.69) is 0 Å². The van der Waals surface area contributed by atoms with Crippen LogP contribution in [0.1, 0.15) is 28.4 Å². The van der Waals surface area contributed by atoms with Gasteiger partial charge in [-0.3, -0.25) is 5.26 Å². The molecular weight excluding hydrogens is 300 g/mol. The Morgan fingerprint density at radius 1 is 0.625 bits per heavy atom. The summed E-state index contributed by atoms with van der Waals surface area (Å²) in [5.41, 5.74) is 4.11. The molecule has 3 aromatic rings. The van der Waals surface area contributed by atoms with Crippen LogP contribution in [-0.2, 0) is 4.89 Å². The van der Waals surface area contributed by atoms with Gasteiger partial charge in [-0.1, -0.05) is 59.7 Å². The zero-order chi connectivity index (χ0) is 16.9. The van der Waals surface area contributed by atoms with Crippen LogP contribution in [0.15, 0.2) is 72.8 Å². The predicted molar refractivity (Wildman–Crippen MR) is 94.4 cm³/mol. The molecule has 3 nitrogen and oxygen atoms in total. The summed E-state index contributed by atoms with van der Waals surface area (Å²) >= 11 is 0. The molecule has 0 fully saturated rings. The lowest BCUT2D eigenvalue weighted by atomic mass is 10.0. The van der Waals surface area contributed by atoms with Crippen molar-refractivity contribution in [3.63, 3.8) is 0 Å². The van der Waals surface area contributed by atoms with E-state index in [-0.39, 0.29) is 0 Å². The normalized spacial score (nSPS) is 12.0. The highest BCUT2D eigenvalue weighted by Crippen LogP contribution is 2.28. The smallest absolute Gasteiger partial charge is 0.143 e. The average Bonchev–Trinajstić information content (AvgIpc) is 2.61. The second-order valence-corrected chi connectivity index (χ2v) is 5.88. The molecule has 3 rings (SSSR count). The maximum atomic E-state index is 9.30. The van der Waals surface area contributed by atoms with Crippen molar-refractivity contribution in [2.24, 2.45) is 0 Å². The van der Waals surface area contributed by atoms with Crippen LogP contribution in [0.2, 0.25) is 0 Å². The lowest BCUT2D eigenvalue weighted by Crippen LogP contribution is -2.03. The van der Waals surface area contributed by atoms with Gasteiger partial charge in [-0.25, -0.2) is 4.89 Å². The van der Waals surface area contributed by atoms with Gasteiger partial charge in [0.2, 0.25) is 0 Å². The quantitative estimate of drug-likeness (QED) is 0.486. The van der Waals surface area contributed by atoms with Gasteiger partial charge < -0.3 is 4.74 Å². The first-order valence-electron chi connectivity index (χ1n) is 7.87. The largest absolute Gasteiger partial charge is 0.457 e. The summed E-state index contributed by atoms with van der Waals surface area (Å²) in [6.07, 6.45) is -0.515. The third-order valence-electron chi connectivity index (χ3n) is 3.93. The molecule has 0 aliphatic rings. The molecule has 0 amide bonds. The lowest BCUT2D eigenvalue weighted by Gasteiger charge is -2.15. The standard InChI is InChI=1S/C21H20O3/c1-15-3-7-17(8-4-15)21(24-22)18-9-13-20(14-10-18)23-19-11-5-16(2)6-12-19/h3-14,21-22H,1-2H3. The number of aryl methyl sites for hydroxylation is 2. The number of rotatable bonds is 5. The maximum absolute atomic E-state index is 9.30. The number of ether oxygens (including phenoxy) is 1. The molecule has 0 aliphatic carbocycles. The fourth-order valence-corrected chi connectivity index (χ4v) is 2.51. The van der Waals surface area contributed by atoms with Gasteiger partial charge in [-0.15, -0.1) is 0 Å². The van der Waals surface area contributed by atoms with Crippen molar-refractivity contribution in [3.8, 4) is 11.5 Å². The van der Waals surface area contributed by atoms with Crippen molar-refractivity contribution in [1.29, 1.82) is 0 Å². The zero-order valence-corrected chi connectivity index (χ0v) is 13.8. The van der Waals surface area contributed by atoms with E-state index in [1.54, 1.807) is 0 Å². The maximum Gasteiger partial charge on any atom is 0.143 e. The van der Waals surface area contributed by atoms with Crippen molar-refractivity contribution in [3.05, 3.63) is 95.1 Å². The Morgan fingerprint density at radius 2 is 1.00 bits per heavy atom. The minimum Gasteiger partial charge on any atom is -0.457 e. The zero-order valence-electron chi connectivity index (χ0n) is 13.8. The molecule has 1 N–H and O–H groups in total. The summed E-state index contributed by atoms with van der Waals surface area (Å²) in [5, 5.41) is 9.30. The van der Waals surface area contributed by atoms with Crippen LogP contribution >= 0.6 is 0 Å². The molecule has 0 saturated heterocycles. The van der Waals surface area contributed by atoms with Crippen molar-refractivity contribution in [2.75, 3.05) is 0 Å². The highest BCUT2D eigenvalue weighted by atomic mass is 17.1. The van der Waals surface area contributed by atoms with Gasteiger partial charge >= 0.3 is 0 Å². The van der Waals surface area contributed by atoms with Crippen molar-refractivity contribution >= 4 is 0 Å². The molecule has 1 atom stereocenters. The van der Waals surface area contributed by atoms with Gasteiger partial charge in [-0.2, -0.15) is 0 Å². The van der Waals surface area contributed by atoms with E-state index in [0.29, 0.717) is 0 Å². The molecule has 0 saturated carbocycles. The summed E-state index contributed by atoms with van der Waals surface area (Å²) < 4.78 is 5.82. The Kier molecular flexibility index (Phi) is 4.94. The molecular formula is C21H20O3. The van der Waals surface area contributed by atoms with Crippen molar-refractivity contribution in [2.45, 2.75) is 20.0 Å². The van der Waals surface area contributed by atoms with E-state index in [1.165, 1.54) is 5.56 Å². The van der Waals surface area contributed by atoms with Gasteiger partial charge in [0, 0.05) is 0 Å². The number of hydrogen-bond acceptors (Lipinski definition) is 3. The Hall–Kier alpha value is -2.62. The summed E-state index contributed by atoms with van der Waals surface area (Å²) in [7, 11) is 0. The molecule has 0 bridgehead atoms. The summed E-state index contributed by atoms with van der Waals surface area (Å²) in [6.45, 7) is 4.06. The Balaban J connectivity index is 1.77. The van der Waals surface area contributed by atoms with Gasteiger partial charge in [0.25, 0.3) is 0 Å². The van der Waals surface area contributed by atoms with E-state index < -0.39 is 6.10 Å². The van der Waals surface area contributed by atoms with Crippen molar-refractivity contribution < 1.29 is 14.9 Å². The van der Waals surface area contributed by atoms with Crippen LogP contribution in [0.25, 0.3) is 0 Å². The second kappa shape index (κ2) is 7.30. The monoisotopic (exact) mass is 320 g/mol. The first-order chi connectivity index (χ1) is 11.7. The highest BCUT2D eigenvalue weighted by Gasteiger charge is 2.15. The summed E-state index contributed by atoms with van der Waals surface area (Å²) in [5.74, 6) is 1.53. The van der Waals surface area contributed by atoms with E-state index in [4.69, 9.17) is 9.62 Å². The van der Waals surface area contributed by atoms with Gasteiger partial charge in [-0.05, 0) is 49.2 Å². The Bertz CT molecular complexity index is 775. The molecule has 3 aromatic carbocycles. The molecule has 0 spiro atoms. The summed E-state index contributed by atoms with van der Waals surface area (Å²) in [4.78, 5) is 4.69. The SMILES string of the molecule is Cc1ccc(Oc2ccc(C(OO)c3ccc(C)cc3)cc2)cc1. The topological polar surface area (TPSA) is 38.7 Å². The third kappa shape index (κ3) is 3.82. The minimum atomic E-state index is -0.515. The van der Waals surface area contributed by atoms with Crippen LogP contribution in [0, 0.1) is 13.8 Å². The second-order valence-electron chi connectivity index (χ2n) is 5.88. The van der Waals surface area contributed by atoms with Crippen molar-refractivity contribution in [1.82, 2.24) is 0 Å². The van der Waals surface area contributed by atoms with Crippen LogP contribution < -0.4 is 4.74 Å². The molecule has 1 unspecified atom stereocenters. The van der Waals surface area contributed by atoms with E-state index >= 15 is 0 Å². The first kappa shape index (κ1) is 16.2. The van der Waals surface area contributed by atoms with E-state index in [1.807, 2.05) is 86.6 Å². The van der Waals surface area contributed by atoms with Crippen LogP contribution in [0.4, 0.5) is 0 Å². The van der Waals surface area contributed by atoms with Gasteiger partial charge in [0.1, 0.15) is 17.6 Å². The first-order valence-corrected chi connectivity index (χ1v) is 7.87. The molecule has 0 heterocycles. The van der Waals surface area contributed by atoms with E-state index in [9.17, 15) is 5.26 Å². The van der Waals surface area contributed by atoms with Crippen LogP contribution in [-0.4, -0.2) is 5.26 Å². The molecule has 0 aliphatic heterocycles. The lowest BCUT2D eigenvalue weighted by molar-refractivity contribution is -0.270. The molecule has 0 aromatic heterocycles. The van der Waals surface area contributed by atoms with Crippen LogP contribution in [0.5, 0.6) is 11.5 Å². The summed E-state index contributed by atoms with van der Waals surface area (Å²) in [6, 6.07) is 23.3. The average molecular weight is 320 g/mol. The van der Waals surface area contributed by atoms with Gasteiger partial charge in [0.05, 0.1) is 0 Å². The molecule has 3 heteroatoms. The number of benzene rings is 3. The Morgan fingerprint density at radius 3 is 1.46 bits per heavy atom. The minimum absolute atomic E-state index is 0.515. The van der Waals surface area contributed by atoms with Crippen LogP contribution in [0.3, 0.4) is 0 Å². The Labute approximate surface area is 142 Å². The third-order valence-corrected chi connectivity index (χ3v) is 3.93. The fourth-order valence-electron chi connectivity index (χ4n) is 2.51. The van der Waals surface area contributed by atoms with Gasteiger partial charge in [0.15, 0.2) is 0 Å². The number of hydrogen-bond donors (Lipinski definition) is 1. The predicted octanol–water partition coefficient (Wildman–Crippen LogP) is 5.67.